The molecule has 116 valence electrons. The first-order chi connectivity index (χ1) is 10.2. The van der Waals surface area contributed by atoms with E-state index in [9.17, 15) is 26.7 Å². The van der Waals surface area contributed by atoms with E-state index in [0.717, 1.165) is 6.07 Å². The van der Waals surface area contributed by atoms with Crippen molar-refractivity contribution in [1.82, 2.24) is 5.32 Å². The Kier molecular flexibility index (Phi) is 3.06. The summed E-state index contributed by atoms with van der Waals surface area (Å²) in [5.41, 5.74) is -4.77. The summed E-state index contributed by atoms with van der Waals surface area (Å²) in [6, 6.07) is 0.349. The lowest BCUT2D eigenvalue weighted by Crippen LogP contribution is -2.59. The molecule has 0 saturated heterocycles. The van der Waals surface area contributed by atoms with E-state index in [1.165, 1.54) is 0 Å². The van der Waals surface area contributed by atoms with Gasteiger partial charge in [-0.1, -0.05) is 11.8 Å². The predicted octanol–water partition coefficient (Wildman–Crippen LogP) is 3.27. The summed E-state index contributed by atoms with van der Waals surface area (Å²) in [4.78, 5) is 11.5. The molecule has 0 bridgehead atoms. The molecule has 1 unspecified atom stereocenters. The Morgan fingerprint density at radius 1 is 1.23 bits per heavy atom. The predicted molar refractivity (Wildman–Crippen MR) is 66.7 cm³/mol. The normalized spacial score (nSPS) is 23.8. The number of benzene rings is 1. The summed E-state index contributed by atoms with van der Waals surface area (Å²) >= 11 is 0. The van der Waals surface area contributed by atoms with Gasteiger partial charge in [0.05, 0.1) is 11.3 Å². The summed E-state index contributed by atoms with van der Waals surface area (Å²) in [5, 5.41) is 3.66. The molecule has 1 aliphatic heterocycles. The van der Waals surface area contributed by atoms with Crippen LogP contribution < -0.4 is 10.6 Å². The third kappa shape index (κ3) is 2.17. The van der Waals surface area contributed by atoms with Crippen molar-refractivity contribution in [3.8, 4) is 11.8 Å². The minimum atomic E-state index is -5.12. The van der Waals surface area contributed by atoms with Crippen LogP contribution >= 0.6 is 0 Å². The van der Waals surface area contributed by atoms with Crippen molar-refractivity contribution >= 4 is 11.7 Å². The first-order valence-corrected chi connectivity index (χ1v) is 6.41. The number of anilines is 1. The molecule has 1 fully saturated rings. The SMILES string of the molecule is O=C1Nc2ccc(F)c(F)c2C(C#CC2CC2)(C(F)(F)F)N1. The van der Waals surface area contributed by atoms with Gasteiger partial charge in [0.2, 0.25) is 5.54 Å². The highest BCUT2D eigenvalue weighted by Crippen LogP contribution is 2.45. The molecule has 2 N–H and O–H groups in total. The average molecular weight is 316 g/mol. The lowest BCUT2D eigenvalue weighted by atomic mass is 9.85. The van der Waals surface area contributed by atoms with Gasteiger partial charge < -0.3 is 10.6 Å². The fourth-order valence-electron chi connectivity index (χ4n) is 2.22. The van der Waals surface area contributed by atoms with Crippen LogP contribution in [0.4, 0.5) is 32.4 Å². The maximum atomic E-state index is 14.0. The van der Waals surface area contributed by atoms with E-state index in [4.69, 9.17) is 0 Å². The number of carbonyl (C=O) groups is 1. The van der Waals surface area contributed by atoms with Crippen LogP contribution in [-0.2, 0) is 5.54 Å². The zero-order valence-corrected chi connectivity index (χ0v) is 10.9. The van der Waals surface area contributed by atoms with Crippen molar-refractivity contribution in [2.24, 2.45) is 5.92 Å². The first-order valence-electron chi connectivity index (χ1n) is 6.41. The van der Waals surface area contributed by atoms with Crippen molar-refractivity contribution < 1.29 is 26.7 Å². The molecule has 1 aliphatic carbocycles. The number of fused-ring (bicyclic) bond motifs is 1. The van der Waals surface area contributed by atoms with E-state index in [1.54, 1.807) is 5.32 Å². The summed E-state index contributed by atoms with van der Waals surface area (Å²) in [6.07, 6.45) is -3.83. The Balaban J connectivity index is 2.29. The Hall–Kier alpha value is -2.30. The van der Waals surface area contributed by atoms with Gasteiger partial charge in [-0.3, -0.25) is 0 Å². The van der Waals surface area contributed by atoms with Gasteiger partial charge in [0, 0.05) is 5.92 Å². The number of urea groups is 1. The lowest BCUT2D eigenvalue weighted by Gasteiger charge is -2.37. The van der Waals surface area contributed by atoms with Crippen molar-refractivity contribution in [2.75, 3.05) is 5.32 Å². The largest absolute Gasteiger partial charge is 0.427 e. The lowest BCUT2D eigenvalue weighted by molar-refractivity contribution is -0.179. The van der Waals surface area contributed by atoms with Crippen LogP contribution in [0.2, 0.25) is 0 Å². The maximum Gasteiger partial charge on any atom is 0.427 e. The summed E-state index contributed by atoms with van der Waals surface area (Å²) in [6.45, 7) is 0. The van der Waals surface area contributed by atoms with Crippen LogP contribution in [-0.4, -0.2) is 12.2 Å². The van der Waals surface area contributed by atoms with E-state index in [2.05, 4.69) is 5.92 Å². The number of alkyl halides is 3. The second kappa shape index (κ2) is 4.60. The van der Waals surface area contributed by atoms with Gasteiger partial charge in [-0.2, -0.15) is 13.2 Å². The van der Waals surface area contributed by atoms with Crippen LogP contribution in [0.1, 0.15) is 18.4 Å². The fraction of sp³-hybridized carbons (Fsp3) is 0.357. The van der Waals surface area contributed by atoms with Crippen LogP contribution in [0.3, 0.4) is 0 Å². The minimum absolute atomic E-state index is 0.217. The second-order valence-electron chi connectivity index (χ2n) is 5.15. The van der Waals surface area contributed by atoms with E-state index in [0.29, 0.717) is 18.9 Å². The first kappa shape index (κ1) is 14.6. The van der Waals surface area contributed by atoms with Gasteiger partial charge in [-0.25, -0.2) is 13.6 Å². The molecule has 0 aromatic heterocycles. The number of amides is 2. The highest BCUT2D eigenvalue weighted by atomic mass is 19.4. The van der Waals surface area contributed by atoms with Gasteiger partial charge in [-0.05, 0) is 25.0 Å². The molecule has 1 aromatic rings. The van der Waals surface area contributed by atoms with Crippen molar-refractivity contribution in [2.45, 2.75) is 24.6 Å². The molecule has 3 nitrogen and oxygen atoms in total. The fourth-order valence-corrected chi connectivity index (χ4v) is 2.22. The molecule has 8 heteroatoms. The molecule has 0 radical (unpaired) electrons. The van der Waals surface area contributed by atoms with E-state index in [-0.39, 0.29) is 5.92 Å². The molecule has 1 heterocycles. The Morgan fingerprint density at radius 2 is 1.91 bits per heavy atom. The van der Waals surface area contributed by atoms with Gasteiger partial charge in [0.25, 0.3) is 0 Å². The second-order valence-corrected chi connectivity index (χ2v) is 5.15. The van der Waals surface area contributed by atoms with Crippen molar-refractivity contribution in [3.63, 3.8) is 0 Å². The number of rotatable bonds is 0. The van der Waals surface area contributed by atoms with Crippen molar-refractivity contribution in [3.05, 3.63) is 29.3 Å². The molecule has 22 heavy (non-hydrogen) atoms. The molecule has 1 aromatic carbocycles. The minimum Gasteiger partial charge on any atom is -0.310 e. The van der Waals surface area contributed by atoms with Crippen LogP contribution in [0.25, 0.3) is 0 Å². The Labute approximate surface area is 121 Å². The third-order valence-corrected chi connectivity index (χ3v) is 3.49. The van der Waals surface area contributed by atoms with Gasteiger partial charge in [0.1, 0.15) is 0 Å². The number of halogens is 5. The molecule has 0 spiro atoms. The van der Waals surface area contributed by atoms with Gasteiger partial charge in [0.15, 0.2) is 11.6 Å². The van der Waals surface area contributed by atoms with E-state index in [1.807, 2.05) is 11.2 Å². The number of carbonyl (C=O) groups excluding carboxylic acids is 1. The van der Waals surface area contributed by atoms with Gasteiger partial charge in [-0.15, -0.1) is 0 Å². The standard InChI is InChI=1S/C14H9F5N2O/c15-8-3-4-9-10(11(8)16)13(14(17,18)19,21-12(22)20-9)6-5-7-1-2-7/h3-4,7H,1-2H2,(H2,20,21,22). The number of hydrogen-bond acceptors (Lipinski definition) is 1. The summed E-state index contributed by atoms with van der Waals surface area (Å²) < 4.78 is 68.2. The monoisotopic (exact) mass is 316 g/mol. The Morgan fingerprint density at radius 3 is 2.50 bits per heavy atom. The van der Waals surface area contributed by atoms with Gasteiger partial charge >= 0.3 is 12.2 Å². The molecular formula is C14H9F5N2O. The molecule has 2 amide bonds. The summed E-state index contributed by atoms with van der Waals surface area (Å²) in [7, 11) is 0. The van der Waals surface area contributed by atoms with E-state index < -0.39 is 40.6 Å². The topological polar surface area (TPSA) is 41.1 Å². The zero-order valence-electron chi connectivity index (χ0n) is 10.9. The maximum absolute atomic E-state index is 14.0. The molecular weight excluding hydrogens is 307 g/mol. The quantitative estimate of drug-likeness (QED) is 0.560. The zero-order chi connectivity index (χ0) is 16.1. The molecule has 1 atom stereocenters. The van der Waals surface area contributed by atoms with Crippen LogP contribution in [0.5, 0.6) is 0 Å². The van der Waals surface area contributed by atoms with Crippen molar-refractivity contribution in [1.29, 1.82) is 0 Å². The highest BCUT2D eigenvalue weighted by Gasteiger charge is 2.61. The van der Waals surface area contributed by atoms with E-state index >= 15 is 0 Å². The molecule has 1 saturated carbocycles. The number of hydrogen-bond donors (Lipinski definition) is 2. The average Bonchev–Trinajstić information content (AvgIpc) is 3.23. The number of nitrogens with one attached hydrogen (secondary N) is 2. The third-order valence-electron chi connectivity index (χ3n) is 3.49. The Bertz CT molecular complexity index is 714. The summed E-state index contributed by atoms with van der Waals surface area (Å²) in [5.74, 6) is 0.968. The smallest absolute Gasteiger partial charge is 0.310 e. The molecule has 3 rings (SSSR count). The highest BCUT2D eigenvalue weighted by molar-refractivity contribution is 5.94. The van der Waals surface area contributed by atoms with Crippen LogP contribution in [0.15, 0.2) is 12.1 Å². The van der Waals surface area contributed by atoms with Crippen LogP contribution in [0, 0.1) is 29.4 Å². The molecule has 2 aliphatic rings.